The Kier molecular flexibility index (Phi) is 6.45. The molecule has 0 saturated carbocycles. The third-order valence-electron chi connectivity index (χ3n) is 3.75. The molecule has 0 radical (unpaired) electrons. The Balaban J connectivity index is 2.23. The van der Waals surface area contributed by atoms with Gasteiger partial charge in [0.05, 0.1) is 11.9 Å². The maximum Gasteiger partial charge on any atom is 0.244 e. The van der Waals surface area contributed by atoms with Gasteiger partial charge in [0.2, 0.25) is 15.9 Å². The zero-order valence-corrected chi connectivity index (χ0v) is 15.7. The summed E-state index contributed by atoms with van der Waals surface area (Å²) in [5, 5.41) is 3.34. The second kappa shape index (κ2) is 8.36. The van der Waals surface area contributed by atoms with E-state index in [0.717, 1.165) is 16.1 Å². The zero-order valence-electron chi connectivity index (χ0n) is 14.1. The molecule has 0 saturated heterocycles. The number of nitrogens with one attached hydrogen (secondary N) is 1. The molecule has 134 valence electrons. The number of hydrogen-bond donors (Lipinski definition) is 1. The van der Waals surface area contributed by atoms with E-state index in [1.165, 1.54) is 0 Å². The molecule has 0 aliphatic rings. The average molecular weight is 381 g/mol. The van der Waals surface area contributed by atoms with Crippen molar-refractivity contribution in [1.82, 2.24) is 5.32 Å². The molecule has 2 aromatic carbocycles. The van der Waals surface area contributed by atoms with Crippen molar-refractivity contribution in [3.05, 3.63) is 65.2 Å². The lowest BCUT2D eigenvalue weighted by atomic mass is 10.1. The van der Waals surface area contributed by atoms with Gasteiger partial charge in [-0.1, -0.05) is 54.9 Å². The first-order chi connectivity index (χ1) is 11.8. The molecule has 1 N–H and O–H groups in total. The van der Waals surface area contributed by atoms with E-state index >= 15 is 0 Å². The molecule has 2 aromatic rings. The number of rotatable bonds is 7. The van der Waals surface area contributed by atoms with Gasteiger partial charge in [-0.15, -0.1) is 0 Å². The summed E-state index contributed by atoms with van der Waals surface area (Å²) in [5.74, 6) is -0.364. The van der Waals surface area contributed by atoms with Crippen LogP contribution in [0.5, 0.6) is 0 Å². The van der Waals surface area contributed by atoms with Crippen molar-refractivity contribution in [2.45, 2.75) is 25.9 Å². The number of sulfonamides is 1. The first-order valence-corrected chi connectivity index (χ1v) is 10.1. The number of benzene rings is 2. The minimum absolute atomic E-state index is 0.237. The number of carbonyl (C=O) groups excluding carboxylic acids is 1. The maximum absolute atomic E-state index is 12.7. The van der Waals surface area contributed by atoms with Gasteiger partial charge in [0.1, 0.15) is 6.04 Å². The summed E-state index contributed by atoms with van der Waals surface area (Å²) < 4.78 is 25.7. The van der Waals surface area contributed by atoms with E-state index in [2.05, 4.69) is 5.32 Å². The van der Waals surface area contributed by atoms with Crippen molar-refractivity contribution in [2.75, 3.05) is 10.6 Å². The SMILES string of the molecule is CC[C@@H](C(=O)NCc1ccccc1Cl)N(c1ccccc1)S(C)(=O)=O. The van der Waals surface area contributed by atoms with Crippen molar-refractivity contribution < 1.29 is 13.2 Å². The maximum atomic E-state index is 12.7. The molecule has 1 amide bonds. The van der Waals surface area contributed by atoms with Crippen LogP contribution in [0.4, 0.5) is 5.69 Å². The van der Waals surface area contributed by atoms with Crippen LogP contribution in [-0.4, -0.2) is 26.6 Å². The summed E-state index contributed by atoms with van der Waals surface area (Å²) in [4.78, 5) is 12.7. The Labute approximate surface area is 153 Å². The smallest absolute Gasteiger partial charge is 0.244 e. The minimum atomic E-state index is -3.62. The van der Waals surface area contributed by atoms with Crippen molar-refractivity contribution in [1.29, 1.82) is 0 Å². The Morgan fingerprint density at radius 3 is 2.28 bits per heavy atom. The summed E-state index contributed by atoms with van der Waals surface area (Å²) in [6.07, 6.45) is 1.44. The van der Waals surface area contributed by atoms with Crippen molar-refractivity contribution in [3.63, 3.8) is 0 Å². The van der Waals surface area contributed by atoms with E-state index in [1.54, 1.807) is 43.3 Å². The second-order valence-electron chi connectivity index (χ2n) is 5.63. The predicted molar refractivity (Wildman–Crippen MR) is 101 cm³/mol. The number of nitrogens with zero attached hydrogens (tertiary/aromatic N) is 1. The molecule has 2 rings (SSSR count). The van der Waals surface area contributed by atoms with E-state index in [0.29, 0.717) is 17.1 Å². The minimum Gasteiger partial charge on any atom is -0.350 e. The zero-order chi connectivity index (χ0) is 18.4. The van der Waals surface area contributed by atoms with E-state index in [4.69, 9.17) is 11.6 Å². The van der Waals surface area contributed by atoms with Gasteiger partial charge in [-0.2, -0.15) is 0 Å². The highest BCUT2D eigenvalue weighted by atomic mass is 35.5. The second-order valence-corrected chi connectivity index (χ2v) is 7.89. The van der Waals surface area contributed by atoms with Gasteiger partial charge in [-0.05, 0) is 30.2 Å². The number of amides is 1. The van der Waals surface area contributed by atoms with E-state index in [9.17, 15) is 13.2 Å². The highest BCUT2D eigenvalue weighted by Gasteiger charge is 2.31. The lowest BCUT2D eigenvalue weighted by molar-refractivity contribution is -0.122. The molecule has 1 atom stereocenters. The third-order valence-corrected chi connectivity index (χ3v) is 5.30. The quantitative estimate of drug-likeness (QED) is 0.802. The van der Waals surface area contributed by atoms with Crippen LogP contribution in [0.2, 0.25) is 5.02 Å². The van der Waals surface area contributed by atoms with Gasteiger partial charge < -0.3 is 5.32 Å². The van der Waals surface area contributed by atoms with Crippen molar-refractivity contribution in [3.8, 4) is 0 Å². The molecule has 0 heterocycles. The Morgan fingerprint density at radius 2 is 1.72 bits per heavy atom. The molecule has 0 aliphatic heterocycles. The van der Waals surface area contributed by atoms with Crippen LogP contribution < -0.4 is 9.62 Å². The summed E-state index contributed by atoms with van der Waals surface area (Å²) in [6.45, 7) is 2.02. The molecule has 0 aliphatic carbocycles. The van der Waals surface area contributed by atoms with E-state index in [-0.39, 0.29) is 12.5 Å². The first-order valence-electron chi connectivity index (χ1n) is 7.90. The van der Waals surface area contributed by atoms with Gasteiger partial charge in [0, 0.05) is 11.6 Å². The van der Waals surface area contributed by atoms with Gasteiger partial charge in [-0.3, -0.25) is 9.10 Å². The molecular weight excluding hydrogens is 360 g/mol. The fourth-order valence-corrected chi connectivity index (χ4v) is 3.99. The summed E-state index contributed by atoms with van der Waals surface area (Å²) in [6, 6.07) is 15.0. The van der Waals surface area contributed by atoms with Crippen LogP contribution in [0, 0.1) is 0 Å². The normalized spacial score (nSPS) is 12.4. The fourth-order valence-electron chi connectivity index (χ4n) is 2.58. The van der Waals surface area contributed by atoms with Gasteiger partial charge in [-0.25, -0.2) is 8.42 Å². The molecular formula is C18H21ClN2O3S. The van der Waals surface area contributed by atoms with Crippen molar-refractivity contribution in [2.24, 2.45) is 0 Å². The fraction of sp³-hybridized carbons (Fsp3) is 0.278. The Morgan fingerprint density at radius 1 is 1.12 bits per heavy atom. The summed E-state index contributed by atoms with van der Waals surface area (Å²) in [5.41, 5.74) is 1.24. The van der Waals surface area contributed by atoms with Crippen LogP contribution in [0.15, 0.2) is 54.6 Å². The van der Waals surface area contributed by atoms with Crippen LogP contribution in [-0.2, 0) is 21.4 Å². The van der Waals surface area contributed by atoms with Gasteiger partial charge in [0.15, 0.2) is 0 Å². The Hall–Kier alpha value is -2.05. The lowest BCUT2D eigenvalue weighted by Crippen LogP contribution is -2.49. The molecule has 0 spiro atoms. The van der Waals surface area contributed by atoms with Crippen LogP contribution in [0.25, 0.3) is 0 Å². The summed E-state index contributed by atoms with van der Waals surface area (Å²) in [7, 11) is -3.62. The number of para-hydroxylation sites is 1. The van der Waals surface area contributed by atoms with Gasteiger partial charge >= 0.3 is 0 Å². The Bertz CT molecular complexity index is 825. The van der Waals surface area contributed by atoms with Crippen LogP contribution in [0.1, 0.15) is 18.9 Å². The molecule has 0 fully saturated rings. The first kappa shape index (κ1) is 19.3. The van der Waals surface area contributed by atoms with Crippen LogP contribution in [0.3, 0.4) is 0 Å². The molecule has 0 bridgehead atoms. The number of carbonyl (C=O) groups is 1. The summed E-state index contributed by atoms with van der Waals surface area (Å²) >= 11 is 6.09. The third kappa shape index (κ3) is 4.96. The van der Waals surface area contributed by atoms with E-state index in [1.807, 2.05) is 18.2 Å². The van der Waals surface area contributed by atoms with E-state index < -0.39 is 16.1 Å². The standard InChI is InChI=1S/C18H21ClN2O3S/c1-3-17(18(22)20-13-14-9-7-8-12-16(14)19)21(25(2,23)24)15-10-5-4-6-11-15/h4-12,17H,3,13H2,1-2H3,(H,20,22)/t17-/m0/s1. The van der Waals surface area contributed by atoms with Crippen molar-refractivity contribution >= 4 is 33.2 Å². The highest BCUT2D eigenvalue weighted by Crippen LogP contribution is 2.22. The number of halogens is 1. The highest BCUT2D eigenvalue weighted by molar-refractivity contribution is 7.92. The molecule has 0 aromatic heterocycles. The molecule has 0 unspecified atom stereocenters. The number of hydrogen-bond acceptors (Lipinski definition) is 3. The predicted octanol–water partition coefficient (Wildman–Crippen LogP) is 3.20. The molecule has 25 heavy (non-hydrogen) atoms. The van der Waals surface area contributed by atoms with Crippen LogP contribution >= 0.6 is 11.6 Å². The largest absolute Gasteiger partial charge is 0.350 e. The molecule has 5 nitrogen and oxygen atoms in total. The topological polar surface area (TPSA) is 66.5 Å². The molecule has 7 heteroatoms. The number of anilines is 1. The lowest BCUT2D eigenvalue weighted by Gasteiger charge is -2.30. The average Bonchev–Trinajstić information content (AvgIpc) is 2.58. The monoisotopic (exact) mass is 380 g/mol. The van der Waals surface area contributed by atoms with Gasteiger partial charge in [0.25, 0.3) is 0 Å².